The van der Waals surface area contributed by atoms with E-state index in [0.29, 0.717) is 19.0 Å². The number of nitrogens with one attached hydrogen (secondary N) is 2. The highest BCUT2D eigenvalue weighted by molar-refractivity contribution is 5.79. The summed E-state index contributed by atoms with van der Waals surface area (Å²) in [5.74, 6) is 0.0565. The number of carboxylic acid groups (broad SMARTS) is 1. The number of rotatable bonds is 12. The summed E-state index contributed by atoms with van der Waals surface area (Å²) in [7, 11) is 0. The SMILES string of the molecule is O=C(N[C@@H](CCN(CCCCc1ccc2c(n1)NCCC2)C1CC1)C(=O)O)OC1CCCCC1. The zero-order chi connectivity index (χ0) is 23.8. The van der Waals surface area contributed by atoms with Crippen LogP contribution in [0.2, 0.25) is 0 Å². The van der Waals surface area contributed by atoms with Crippen molar-refractivity contribution in [2.75, 3.05) is 25.0 Å². The lowest BCUT2D eigenvalue weighted by atomic mass is 9.98. The van der Waals surface area contributed by atoms with Gasteiger partial charge in [-0.05, 0) is 95.2 Å². The van der Waals surface area contributed by atoms with Gasteiger partial charge in [0.05, 0.1) is 0 Å². The molecular formula is C26H40N4O4. The molecule has 8 heteroatoms. The molecular weight excluding hydrogens is 432 g/mol. The number of carbonyl (C=O) groups is 2. The average Bonchev–Trinajstić information content (AvgIpc) is 3.68. The van der Waals surface area contributed by atoms with Crippen molar-refractivity contribution >= 4 is 17.9 Å². The van der Waals surface area contributed by atoms with Gasteiger partial charge in [0.25, 0.3) is 0 Å². The number of alkyl carbamates (subject to hydrolysis) is 1. The van der Waals surface area contributed by atoms with Crippen LogP contribution >= 0.6 is 0 Å². The lowest BCUT2D eigenvalue weighted by Gasteiger charge is -2.25. The Morgan fingerprint density at radius 1 is 1.12 bits per heavy atom. The highest BCUT2D eigenvalue weighted by atomic mass is 16.6. The maximum Gasteiger partial charge on any atom is 0.408 e. The van der Waals surface area contributed by atoms with Crippen LogP contribution in [-0.4, -0.2) is 64.9 Å². The zero-order valence-electron chi connectivity index (χ0n) is 20.3. The molecule has 0 saturated heterocycles. The largest absolute Gasteiger partial charge is 0.480 e. The number of unbranched alkanes of at least 4 members (excludes halogenated alkanes) is 1. The number of anilines is 1. The molecule has 3 aliphatic rings. The maximum atomic E-state index is 12.2. The van der Waals surface area contributed by atoms with Gasteiger partial charge in [-0.15, -0.1) is 0 Å². The molecule has 1 aromatic rings. The van der Waals surface area contributed by atoms with Crippen LogP contribution in [0.5, 0.6) is 0 Å². The van der Waals surface area contributed by atoms with Crippen LogP contribution in [0.15, 0.2) is 12.1 Å². The molecule has 1 atom stereocenters. The minimum Gasteiger partial charge on any atom is -0.480 e. The molecule has 2 aliphatic carbocycles. The van der Waals surface area contributed by atoms with E-state index in [-0.39, 0.29) is 6.10 Å². The summed E-state index contributed by atoms with van der Waals surface area (Å²) < 4.78 is 5.46. The third-order valence-corrected chi connectivity index (χ3v) is 7.26. The quantitative estimate of drug-likeness (QED) is 0.393. The van der Waals surface area contributed by atoms with Gasteiger partial charge in [0.2, 0.25) is 0 Å². The first-order valence-electron chi connectivity index (χ1n) is 13.2. The number of aliphatic carboxylic acids is 1. The number of ether oxygens (including phenoxy) is 1. The lowest BCUT2D eigenvalue weighted by molar-refractivity contribution is -0.139. The van der Waals surface area contributed by atoms with Gasteiger partial charge in [-0.1, -0.05) is 12.5 Å². The molecule has 0 bridgehead atoms. The summed E-state index contributed by atoms with van der Waals surface area (Å²) in [6.45, 7) is 2.63. The molecule has 1 amide bonds. The van der Waals surface area contributed by atoms with Crippen molar-refractivity contribution in [3.8, 4) is 0 Å². The Kier molecular flexibility index (Phi) is 9.02. The molecule has 1 aromatic heterocycles. The van der Waals surface area contributed by atoms with Gasteiger partial charge >= 0.3 is 12.1 Å². The van der Waals surface area contributed by atoms with Crippen LogP contribution in [0.4, 0.5) is 10.6 Å². The standard InChI is InChI=1S/C26H40N4O4/c31-25(32)23(29-26(33)34-22-9-2-1-3-10-22)15-18-30(21-13-14-21)17-5-4-8-20-12-11-19-7-6-16-27-24(19)28-20/h11-12,21-23H,1-10,13-18H2,(H,27,28)(H,29,33)(H,31,32)/t23-/m0/s1. The summed E-state index contributed by atoms with van der Waals surface area (Å²) >= 11 is 0. The number of pyridine rings is 1. The van der Waals surface area contributed by atoms with Gasteiger partial charge < -0.3 is 25.4 Å². The fraction of sp³-hybridized carbons (Fsp3) is 0.731. The van der Waals surface area contributed by atoms with E-state index in [1.807, 2.05) is 0 Å². The van der Waals surface area contributed by atoms with Gasteiger partial charge in [0.15, 0.2) is 0 Å². The molecule has 2 heterocycles. The third kappa shape index (κ3) is 7.58. The summed E-state index contributed by atoms with van der Waals surface area (Å²) in [5.41, 5.74) is 2.46. The number of hydrogen-bond acceptors (Lipinski definition) is 6. The normalized spacial score (nSPS) is 19.2. The average molecular weight is 473 g/mol. The molecule has 0 unspecified atom stereocenters. The Bertz CT molecular complexity index is 823. The van der Waals surface area contributed by atoms with Crippen LogP contribution in [0.1, 0.15) is 81.9 Å². The third-order valence-electron chi connectivity index (χ3n) is 7.26. The number of nitrogens with zero attached hydrogens (tertiary/aromatic N) is 2. The molecule has 1 aliphatic heterocycles. The van der Waals surface area contributed by atoms with Crippen molar-refractivity contribution in [1.29, 1.82) is 0 Å². The summed E-state index contributed by atoms with van der Waals surface area (Å²) in [5, 5.41) is 15.6. The van der Waals surface area contributed by atoms with Gasteiger partial charge in [-0.3, -0.25) is 0 Å². The van der Waals surface area contributed by atoms with Gasteiger partial charge in [-0.2, -0.15) is 0 Å². The number of carbonyl (C=O) groups excluding carboxylic acids is 1. The van der Waals surface area contributed by atoms with E-state index in [1.54, 1.807) is 0 Å². The number of aromatic nitrogens is 1. The first-order chi connectivity index (χ1) is 16.6. The second-order valence-electron chi connectivity index (χ2n) is 10.1. The summed E-state index contributed by atoms with van der Waals surface area (Å²) in [6.07, 6.45) is 12.5. The fourth-order valence-corrected chi connectivity index (χ4v) is 5.11. The number of fused-ring (bicyclic) bond motifs is 1. The predicted octanol–water partition coefficient (Wildman–Crippen LogP) is 4.13. The number of amides is 1. The van der Waals surface area contributed by atoms with E-state index in [4.69, 9.17) is 9.72 Å². The first kappa shape index (κ1) is 24.8. The van der Waals surface area contributed by atoms with E-state index in [0.717, 1.165) is 76.0 Å². The molecule has 0 spiro atoms. The minimum absolute atomic E-state index is 0.0773. The van der Waals surface area contributed by atoms with Crippen molar-refractivity contribution in [3.05, 3.63) is 23.4 Å². The topological polar surface area (TPSA) is 104 Å². The van der Waals surface area contributed by atoms with Crippen LogP contribution in [0, 0.1) is 0 Å². The fourth-order valence-electron chi connectivity index (χ4n) is 5.11. The van der Waals surface area contributed by atoms with Gasteiger partial charge in [0.1, 0.15) is 18.0 Å². The highest BCUT2D eigenvalue weighted by Gasteiger charge is 2.30. The van der Waals surface area contributed by atoms with E-state index >= 15 is 0 Å². The summed E-state index contributed by atoms with van der Waals surface area (Å²) in [4.78, 5) is 31.2. The summed E-state index contributed by atoms with van der Waals surface area (Å²) in [6, 6.07) is 4.00. The second kappa shape index (κ2) is 12.4. The number of carboxylic acids is 1. The number of hydrogen-bond donors (Lipinski definition) is 3. The Morgan fingerprint density at radius 2 is 1.94 bits per heavy atom. The Hall–Kier alpha value is -2.35. The van der Waals surface area contributed by atoms with E-state index < -0.39 is 18.1 Å². The molecule has 4 rings (SSSR count). The lowest BCUT2D eigenvalue weighted by Crippen LogP contribution is -2.44. The molecule has 2 fully saturated rings. The van der Waals surface area contributed by atoms with Gasteiger partial charge in [-0.25, -0.2) is 14.6 Å². The van der Waals surface area contributed by atoms with Crippen molar-refractivity contribution in [1.82, 2.24) is 15.2 Å². The van der Waals surface area contributed by atoms with Crippen molar-refractivity contribution < 1.29 is 19.4 Å². The molecule has 188 valence electrons. The molecule has 0 aromatic carbocycles. The first-order valence-corrected chi connectivity index (χ1v) is 13.2. The van der Waals surface area contributed by atoms with Crippen molar-refractivity contribution in [3.63, 3.8) is 0 Å². The Balaban J connectivity index is 1.18. The minimum atomic E-state index is -0.997. The maximum absolute atomic E-state index is 12.2. The number of aryl methyl sites for hydroxylation is 2. The Labute approximate surface area is 202 Å². The highest BCUT2D eigenvalue weighted by Crippen LogP contribution is 2.28. The van der Waals surface area contributed by atoms with E-state index in [1.165, 1.54) is 31.2 Å². The second-order valence-corrected chi connectivity index (χ2v) is 10.1. The van der Waals surface area contributed by atoms with Gasteiger partial charge in [0, 0.05) is 24.8 Å². The van der Waals surface area contributed by atoms with Crippen LogP contribution < -0.4 is 10.6 Å². The smallest absolute Gasteiger partial charge is 0.408 e. The van der Waals surface area contributed by atoms with Crippen LogP contribution in [-0.2, 0) is 22.4 Å². The molecule has 8 nitrogen and oxygen atoms in total. The van der Waals surface area contributed by atoms with E-state index in [9.17, 15) is 14.7 Å². The predicted molar refractivity (Wildman–Crippen MR) is 131 cm³/mol. The van der Waals surface area contributed by atoms with Crippen molar-refractivity contribution in [2.24, 2.45) is 0 Å². The monoisotopic (exact) mass is 472 g/mol. The molecule has 34 heavy (non-hydrogen) atoms. The molecule has 0 radical (unpaired) electrons. The van der Waals surface area contributed by atoms with Crippen molar-refractivity contribution in [2.45, 2.75) is 102 Å². The Morgan fingerprint density at radius 3 is 2.71 bits per heavy atom. The molecule has 2 saturated carbocycles. The molecule has 3 N–H and O–H groups in total. The zero-order valence-corrected chi connectivity index (χ0v) is 20.3. The van der Waals surface area contributed by atoms with Crippen LogP contribution in [0.25, 0.3) is 0 Å². The van der Waals surface area contributed by atoms with Crippen LogP contribution in [0.3, 0.4) is 0 Å². The van der Waals surface area contributed by atoms with E-state index in [2.05, 4.69) is 27.7 Å².